The summed E-state index contributed by atoms with van der Waals surface area (Å²) in [6.07, 6.45) is 1.16. The van der Waals surface area contributed by atoms with Gasteiger partial charge in [0.15, 0.2) is 0 Å². The first-order chi connectivity index (χ1) is 7.99. The van der Waals surface area contributed by atoms with E-state index in [9.17, 15) is 4.79 Å². The van der Waals surface area contributed by atoms with Gasteiger partial charge in [-0.2, -0.15) is 0 Å². The maximum absolute atomic E-state index is 11.5. The number of carbonyl (C=O) groups excluding carboxylic acids is 1. The van der Waals surface area contributed by atoms with Gasteiger partial charge in [0.1, 0.15) is 0 Å². The van der Waals surface area contributed by atoms with Gasteiger partial charge >= 0.3 is 0 Å². The Balaban J connectivity index is 2.39. The molecule has 0 heterocycles. The molecular formula is C13H19ClN2O. The second-order valence-corrected chi connectivity index (χ2v) is 4.77. The Kier molecular flexibility index (Phi) is 5.45. The zero-order valence-electron chi connectivity index (χ0n) is 10.3. The lowest BCUT2D eigenvalue weighted by Gasteiger charge is -2.08. The van der Waals surface area contributed by atoms with Crippen LogP contribution in [0.25, 0.3) is 0 Å². The topological polar surface area (TPSA) is 55.1 Å². The number of nitrogens with one attached hydrogen (secondary N) is 1. The molecule has 0 radical (unpaired) electrons. The van der Waals surface area contributed by atoms with Gasteiger partial charge < -0.3 is 11.1 Å². The van der Waals surface area contributed by atoms with E-state index in [1.807, 2.05) is 32.0 Å². The van der Waals surface area contributed by atoms with Crippen LogP contribution < -0.4 is 11.1 Å². The molecule has 1 aromatic carbocycles. The Bertz CT molecular complexity index is 391. The molecule has 0 spiro atoms. The molecule has 0 aliphatic heterocycles. The normalized spacial score (nSPS) is 12.2. The molecule has 1 aromatic rings. The average Bonchev–Trinajstić information content (AvgIpc) is 2.28. The van der Waals surface area contributed by atoms with E-state index in [1.54, 1.807) is 0 Å². The second kappa shape index (κ2) is 6.62. The summed E-state index contributed by atoms with van der Waals surface area (Å²) < 4.78 is 0. The Labute approximate surface area is 107 Å². The van der Waals surface area contributed by atoms with Gasteiger partial charge in [-0.05, 0) is 37.5 Å². The molecule has 94 valence electrons. The van der Waals surface area contributed by atoms with Crippen LogP contribution in [0.15, 0.2) is 18.2 Å². The number of rotatable bonds is 5. The van der Waals surface area contributed by atoms with Crippen LogP contribution in [-0.4, -0.2) is 18.5 Å². The van der Waals surface area contributed by atoms with Crippen LogP contribution >= 0.6 is 11.6 Å². The quantitative estimate of drug-likeness (QED) is 0.845. The third kappa shape index (κ3) is 5.20. The van der Waals surface area contributed by atoms with Gasteiger partial charge in [-0.1, -0.05) is 23.7 Å². The molecule has 4 heteroatoms. The number of halogens is 1. The minimum Gasteiger partial charge on any atom is -0.355 e. The van der Waals surface area contributed by atoms with Crippen LogP contribution in [-0.2, 0) is 11.2 Å². The van der Waals surface area contributed by atoms with Gasteiger partial charge in [0.05, 0.1) is 0 Å². The molecule has 0 aliphatic carbocycles. The van der Waals surface area contributed by atoms with Gasteiger partial charge in [-0.25, -0.2) is 0 Å². The van der Waals surface area contributed by atoms with E-state index in [-0.39, 0.29) is 11.9 Å². The number of amides is 1. The highest BCUT2D eigenvalue weighted by molar-refractivity contribution is 6.31. The SMILES string of the molecule is Cc1ccc(CCC(=O)NCC(C)N)cc1Cl. The summed E-state index contributed by atoms with van der Waals surface area (Å²) >= 11 is 6.01. The number of aryl methyl sites for hydroxylation is 2. The molecular weight excluding hydrogens is 236 g/mol. The summed E-state index contributed by atoms with van der Waals surface area (Å²) in [5.74, 6) is 0.0268. The summed E-state index contributed by atoms with van der Waals surface area (Å²) in [5, 5.41) is 3.53. The molecule has 1 amide bonds. The number of hydrogen-bond acceptors (Lipinski definition) is 2. The largest absolute Gasteiger partial charge is 0.355 e. The molecule has 1 atom stereocenters. The van der Waals surface area contributed by atoms with E-state index < -0.39 is 0 Å². The lowest BCUT2D eigenvalue weighted by Crippen LogP contribution is -2.35. The van der Waals surface area contributed by atoms with Crippen LogP contribution in [0.2, 0.25) is 5.02 Å². The third-order valence-electron chi connectivity index (χ3n) is 2.50. The van der Waals surface area contributed by atoms with Crippen molar-refractivity contribution in [3.05, 3.63) is 34.3 Å². The summed E-state index contributed by atoms with van der Waals surface area (Å²) in [4.78, 5) is 11.5. The van der Waals surface area contributed by atoms with E-state index in [4.69, 9.17) is 17.3 Å². The van der Waals surface area contributed by atoms with Gasteiger partial charge in [-0.15, -0.1) is 0 Å². The van der Waals surface area contributed by atoms with Crippen molar-refractivity contribution in [1.82, 2.24) is 5.32 Å². The first-order valence-electron chi connectivity index (χ1n) is 5.76. The Morgan fingerprint density at radius 1 is 1.53 bits per heavy atom. The highest BCUT2D eigenvalue weighted by atomic mass is 35.5. The third-order valence-corrected chi connectivity index (χ3v) is 2.91. The van der Waals surface area contributed by atoms with Crippen molar-refractivity contribution in [2.24, 2.45) is 5.73 Å². The molecule has 3 N–H and O–H groups in total. The van der Waals surface area contributed by atoms with Crippen molar-refractivity contribution in [2.75, 3.05) is 6.54 Å². The molecule has 0 fully saturated rings. The number of hydrogen-bond donors (Lipinski definition) is 2. The number of benzene rings is 1. The van der Waals surface area contributed by atoms with Crippen molar-refractivity contribution in [3.63, 3.8) is 0 Å². The van der Waals surface area contributed by atoms with E-state index >= 15 is 0 Å². The standard InChI is InChI=1S/C13H19ClN2O/c1-9-3-4-11(7-12(9)14)5-6-13(17)16-8-10(2)15/h3-4,7,10H,5-6,8,15H2,1-2H3,(H,16,17). The monoisotopic (exact) mass is 254 g/mol. The second-order valence-electron chi connectivity index (χ2n) is 4.36. The summed E-state index contributed by atoms with van der Waals surface area (Å²) in [5.41, 5.74) is 7.69. The van der Waals surface area contributed by atoms with E-state index in [2.05, 4.69) is 5.32 Å². The van der Waals surface area contributed by atoms with E-state index in [0.29, 0.717) is 19.4 Å². The molecule has 0 saturated heterocycles. The van der Waals surface area contributed by atoms with Crippen LogP contribution in [0, 0.1) is 6.92 Å². The van der Waals surface area contributed by atoms with Gasteiger partial charge in [0, 0.05) is 24.0 Å². The minimum absolute atomic E-state index is 0.00670. The van der Waals surface area contributed by atoms with Gasteiger partial charge in [0.2, 0.25) is 5.91 Å². The number of carbonyl (C=O) groups is 1. The van der Waals surface area contributed by atoms with Crippen molar-refractivity contribution >= 4 is 17.5 Å². The predicted octanol–water partition coefficient (Wildman–Crippen LogP) is 2.04. The predicted molar refractivity (Wildman–Crippen MR) is 71.2 cm³/mol. The highest BCUT2D eigenvalue weighted by Gasteiger charge is 2.04. The highest BCUT2D eigenvalue weighted by Crippen LogP contribution is 2.17. The molecule has 1 unspecified atom stereocenters. The average molecular weight is 255 g/mol. The lowest BCUT2D eigenvalue weighted by atomic mass is 10.1. The van der Waals surface area contributed by atoms with Crippen molar-refractivity contribution in [1.29, 1.82) is 0 Å². The van der Waals surface area contributed by atoms with Crippen LogP contribution in [0.3, 0.4) is 0 Å². The van der Waals surface area contributed by atoms with Gasteiger partial charge in [-0.3, -0.25) is 4.79 Å². The molecule has 0 aliphatic rings. The van der Waals surface area contributed by atoms with Crippen LogP contribution in [0.5, 0.6) is 0 Å². The molecule has 1 rings (SSSR count). The minimum atomic E-state index is -0.00670. The Morgan fingerprint density at radius 3 is 2.82 bits per heavy atom. The molecule has 17 heavy (non-hydrogen) atoms. The molecule has 0 aromatic heterocycles. The first-order valence-corrected chi connectivity index (χ1v) is 6.14. The van der Waals surface area contributed by atoms with Crippen LogP contribution in [0.4, 0.5) is 0 Å². The lowest BCUT2D eigenvalue weighted by molar-refractivity contribution is -0.121. The summed E-state index contributed by atoms with van der Waals surface area (Å²) in [6, 6.07) is 5.88. The maximum atomic E-state index is 11.5. The zero-order chi connectivity index (χ0) is 12.8. The molecule has 3 nitrogen and oxygen atoms in total. The van der Waals surface area contributed by atoms with Crippen LogP contribution in [0.1, 0.15) is 24.5 Å². The fraction of sp³-hybridized carbons (Fsp3) is 0.462. The fourth-order valence-corrected chi connectivity index (χ4v) is 1.62. The number of nitrogens with two attached hydrogens (primary N) is 1. The Hall–Kier alpha value is -1.06. The summed E-state index contributed by atoms with van der Waals surface area (Å²) in [6.45, 7) is 4.34. The fourth-order valence-electron chi connectivity index (χ4n) is 1.41. The first kappa shape index (κ1) is 14.0. The maximum Gasteiger partial charge on any atom is 0.220 e. The van der Waals surface area contributed by atoms with Crippen molar-refractivity contribution in [3.8, 4) is 0 Å². The van der Waals surface area contributed by atoms with Crippen molar-refractivity contribution in [2.45, 2.75) is 32.7 Å². The van der Waals surface area contributed by atoms with Gasteiger partial charge in [0.25, 0.3) is 0 Å². The van der Waals surface area contributed by atoms with E-state index in [0.717, 1.165) is 16.1 Å². The van der Waals surface area contributed by atoms with Crippen molar-refractivity contribution < 1.29 is 4.79 Å². The van der Waals surface area contributed by atoms with E-state index in [1.165, 1.54) is 0 Å². The Morgan fingerprint density at radius 2 is 2.24 bits per heavy atom. The smallest absolute Gasteiger partial charge is 0.220 e. The molecule has 0 saturated carbocycles. The summed E-state index contributed by atoms with van der Waals surface area (Å²) in [7, 11) is 0. The zero-order valence-corrected chi connectivity index (χ0v) is 11.1. The molecule has 0 bridgehead atoms.